The predicted octanol–water partition coefficient (Wildman–Crippen LogP) is 16.2. The van der Waals surface area contributed by atoms with E-state index in [4.69, 9.17) is 0 Å². The lowest BCUT2D eigenvalue weighted by molar-refractivity contribution is 0.768. The van der Waals surface area contributed by atoms with Crippen molar-refractivity contribution in [3.8, 4) is 33.6 Å². The molecule has 0 bridgehead atoms. The molecule has 3 nitrogen and oxygen atoms in total. The van der Waals surface area contributed by atoms with Crippen LogP contribution in [0, 0.1) is 0 Å². The Bertz CT molecular complexity index is 3680. The molecule has 0 aliphatic heterocycles. The fraction of sp³-hybridized carbons (Fsp3) is 0.0159. The summed E-state index contributed by atoms with van der Waals surface area (Å²) >= 11 is 0. The number of hydrogen-bond donors (Lipinski definition) is 0. The van der Waals surface area contributed by atoms with E-state index in [1.165, 1.54) is 66.1 Å². The van der Waals surface area contributed by atoms with Gasteiger partial charge in [0.15, 0.2) is 0 Å². The van der Waals surface area contributed by atoms with Crippen LogP contribution in [0.4, 0.5) is 17.1 Å². The van der Waals surface area contributed by atoms with Crippen molar-refractivity contribution >= 4 is 49.9 Å². The molecule has 66 heavy (non-hydrogen) atoms. The summed E-state index contributed by atoms with van der Waals surface area (Å²) in [5, 5.41) is 3.74. The van der Waals surface area contributed by atoms with E-state index in [0.717, 1.165) is 39.6 Å². The number of fused-ring (bicyclic) bond motifs is 8. The number of rotatable bonds is 8. The van der Waals surface area contributed by atoms with Crippen LogP contribution in [-0.4, -0.2) is 9.13 Å². The van der Waals surface area contributed by atoms with Gasteiger partial charge in [0.1, 0.15) is 5.65 Å². The summed E-state index contributed by atoms with van der Waals surface area (Å²) in [6.45, 7) is 0. The Morgan fingerprint density at radius 2 is 0.803 bits per heavy atom. The topological polar surface area (TPSA) is 13.1 Å². The molecule has 0 spiro atoms. The first-order chi connectivity index (χ1) is 32.8. The zero-order chi connectivity index (χ0) is 43.6. The van der Waals surface area contributed by atoms with E-state index in [1.807, 2.05) is 0 Å². The summed E-state index contributed by atoms with van der Waals surface area (Å²) in [5.74, 6) is 0. The lowest BCUT2D eigenvalue weighted by atomic mass is 9.67. The summed E-state index contributed by atoms with van der Waals surface area (Å²) in [4.78, 5) is 2.40. The molecule has 10 aromatic carbocycles. The molecule has 0 N–H and O–H groups in total. The van der Waals surface area contributed by atoms with Crippen LogP contribution in [0.2, 0.25) is 0 Å². The molecule has 310 valence electrons. The van der Waals surface area contributed by atoms with Crippen molar-refractivity contribution in [2.45, 2.75) is 5.41 Å². The van der Waals surface area contributed by atoms with Gasteiger partial charge in [0, 0.05) is 44.6 Å². The highest BCUT2D eigenvalue weighted by Gasteiger charge is 2.46. The van der Waals surface area contributed by atoms with Gasteiger partial charge in [-0.25, -0.2) is 0 Å². The van der Waals surface area contributed by atoms with E-state index in [9.17, 15) is 0 Å². The molecule has 0 radical (unpaired) electrons. The normalized spacial score (nSPS) is 12.7. The Balaban J connectivity index is 0.971. The molecule has 3 heteroatoms. The smallest absolute Gasteiger partial charge is 0.131 e. The molecule has 0 saturated carbocycles. The summed E-state index contributed by atoms with van der Waals surface area (Å²) in [5.41, 5.74) is 18.6. The number of anilines is 3. The van der Waals surface area contributed by atoms with E-state index in [2.05, 4.69) is 275 Å². The Kier molecular flexibility index (Phi) is 8.75. The van der Waals surface area contributed by atoms with Crippen molar-refractivity contribution in [2.24, 2.45) is 0 Å². The average molecular weight is 842 g/mol. The second-order valence-electron chi connectivity index (χ2n) is 17.3. The van der Waals surface area contributed by atoms with Crippen molar-refractivity contribution < 1.29 is 0 Å². The summed E-state index contributed by atoms with van der Waals surface area (Å²) in [6.07, 6.45) is 0. The molecular weight excluding hydrogens is 799 g/mol. The van der Waals surface area contributed by atoms with Crippen molar-refractivity contribution in [1.29, 1.82) is 0 Å². The SMILES string of the molecule is c1ccc(N(c2ccc(-c3ccc4c5c6ccccc6n(-c6ccccc6)c5n(-c5ccccc5)c4c3)cc2)c2ccc3c(c2)C(c2ccccc2)(c2ccccc2)c2ccccc2-3)cc1. The number of aromatic nitrogens is 2. The van der Waals surface area contributed by atoms with E-state index in [0.29, 0.717) is 0 Å². The minimum atomic E-state index is -0.493. The fourth-order valence-electron chi connectivity index (χ4n) is 11.0. The maximum Gasteiger partial charge on any atom is 0.131 e. The van der Waals surface area contributed by atoms with Gasteiger partial charge in [-0.05, 0) is 117 Å². The van der Waals surface area contributed by atoms with Crippen LogP contribution >= 0.6 is 0 Å². The summed E-state index contributed by atoms with van der Waals surface area (Å²) < 4.78 is 4.87. The van der Waals surface area contributed by atoms with Crippen LogP contribution in [-0.2, 0) is 5.41 Å². The van der Waals surface area contributed by atoms with E-state index in [1.54, 1.807) is 0 Å². The number of nitrogens with zero attached hydrogens (tertiary/aromatic N) is 3. The number of para-hydroxylation sites is 4. The molecular formula is C63H43N3. The Labute approximate surface area is 384 Å². The van der Waals surface area contributed by atoms with E-state index in [-0.39, 0.29) is 0 Å². The quantitative estimate of drug-likeness (QED) is 0.149. The number of hydrogen-bond acceptors (Lipinski definition) is 1. The molecule has 0 saturated heterocycles. The molecule has 1 aliphatic carbocycles. The van der Waals surface area contributed by atoms with Gasteiger partial charge in [-0.2, -0.15) is 0 Å². The van der Waals surface area contributed by atoms with Crippen LogP contribution in [0.3, 0.4) is 0 Å². The zero-order valence-electron chi connectivity index (χ0n) is 36.2. The van der Waals surface area contributed by atoms with Gasteiger partial charge in [0.2, 0.25) is 0 Å². The highest BCUT2D eigenvalue weighted by molar-refractivity contribution is 6.22. The molecule has 1 aliphatic rings. The number of benzene rings is 10. The monoisotopic (exact) mass is 841 g/mol. The second kappa shape index (κ2) is 15.3. The lowest BCUT2D eigenvalue weighted by Crippen LogP contribution is -2.28. The molecule has 12 aromatic rings. The second-order valence-corrected chi connectivity index (χ2v) is 17.3. The van der Waals surface area contributed by atoms with Gasteiger partial charge in [0.05, 0.1) is 16.4 Å². The lowest BCUT2D eigenvalue weighted by Gasteiger charge is -2.35. The Hall–Kier alpha value is -8.66. The average Bonchev–Trinajstić information content (AvgIpc) is 4.01. The molecule has 13 rings (SSSR count). The molecule has 0 atom stereocenters. The largest absolute Gasteiger partial charge is 0.310 e. The minimum absolute atomic E-state index is 0.493. The van der Waals surface area contributed by atoms with Gasteiger partial charge < -0.3 is 4.90 Å². The van der Waals surface area contributed by atoms with Crippen LogP contribution in [0.15, 0.2) is 261 Å². The Morgan fingerprint density at radius 1 is 0.318 bits per heavy atom. The van der Waals surface area contributed by atoms with Crippen molar-refractivity contribution in [1.82, 2.24) is 9.13 Å². The summed E-state index contributed by atoms with van der Waals surface area (Å²) in [7, 11) is 0. The van der Waals surface area contributed by atoms with Gasteiger partial charge >= 0.3 is 0 Å². The Morgan fingerprint density at radius 3 is 1.47 bits per heavy atom. The maximum atomic E-state index is 2.45. The molecule has 0 amide bonds. The summed E-state index contributed by atoms with van der Waals surface area (Å²) in [6, 6.07) is 95.3. The first kappa shape index (κ1) is 37.9. The molecule has 0 fully saturated rings. The van der Waals surface area contributed by atoms with Crippen LogP contribution in [0.5, 0.6) is 0 Å². The fourth-order valence-corrected chi connectivity index (χ4v) is 11.0. The highest BCUT2D eigenvalue weighted by Crippen LogP contribution is 2.57. The van der Waals surface area contributed by atoms with Gasteiger partial charge in [-0.1, -0.05) is 188 Å². The third-order valence-corrected chi connectivity index (χ3v) is 13.8. The highest BCUT2D eigenvalue weighted by atomic mass is 15.1. The third kappa shape index (κ3) is 5.70. The van der Waals surface area contributed by atoms with Crippen LogP contribution in [0.1, 0.15) is 22.3 Å². The third-order valence-electron chi connectivity index (χ3n) is 13.8. The van der Waals surface area contributed by atoms with Gasteiger partial charge in [0.25, 0.3) is 0 Å². The van der Waals surface area contributed by atoms with Crippen molar-refractivity contribution in [3.63, 3.8) is 0 Å². The van der Waals surface area contributed by atoms with Crippen LogP contribution in [0.25, 0.3) is 66.5 Å². The van der Waals surface area contributed by atoms with Gasteiger partial charge in [-0.15, -0.1) is 0 Å². The maximum absolute atomic E-state index is 2.45. The van der Waals surface area contributed by atoms with Crippen molar-refractivity contribution in [3.05, 3.63) is 283 Å². The molecule has 0 unspecified atom stereocenters. The first-order valence-electron chi connectivity index (χ1n) is 22.8. The molecule has 2 heterocycles. The van der Waals surface area contributed by atoms with E-state index < -0.39 is 5.41 Å². The van der Waals surface area contributed by atoms with Crippen molar-refractivity contribution in [2.75, 3.05) is 4.90 Å². The van der Waals surface area contributed by atoms with E-state index >= 15 is 0 Å². The minimum Gasteiger partial charge on any atom is -0.310 e. The standard InChI is InChI=1S/C63H43N3/c1-6-20-46(21-7-1)63(47-22-8-2-9-23-47)57-32-18-16-30-53(57)54-41-39-52(43-58(54)63)64(48-24-10-3-11-25-48)51-37-34-44(35-38-51)45-36-40-56-60(42-45)66(50-28-14-5-15-29-50)62-61(56)55-31-17-19-33-59(55)65(62)49-26-12-4-13-27-49/h1-43H. The zero-order valence-corrected chi connectivity index (χ0v) is 36.2. The molecule has 2 aromatic heterocycles. The van der Waals surface area contributed by atoms with Crippen LogP contribution < -0.4 is 4.90 Å². The predicted molar refractivity (Wildman–Crippen MR) is 275 cm³/mol. The first-order valence-corrected chi connectivity index (χ1v) is 22.8. The van der Waals surface area contributed by atoms with Gasteiger partial charge in [-0.3, -0.25) is 9.13 Å².